The Kier molecular flexibility index (Phi) is 5.92. The highest BCUT2D eigenvalue weighted by molar-refractivity contribution is 5.92. The topological polar surface area (TPSA) is 38.8 Å². The van der Waals surface area contributed by atoms with Crippen LogP contribution in [0.15, 0.2) is 24.3 Å². The van der Waals surface area contributed by atoms with Gasteiger partial charge in [-0.1, -0.05) is 24.0 Å². The van der Waals surface area contributed by atoms with Crippen LogP contribution in [0.3, 0.4) is 0 Å². The molecule has 0 aliphatic heterocycles. The summed E-state index contributed by atoms with van der Waals surface area (Å²) in [6.45, 7) is 0.583. The predicted octanol–water partition coefficient (Wildman–Crippen LogP) is 1.36. The van der Waals surface area contributed by atoms with Gasteiger partial charge in [0.1, 0.15) is 0 Å². The van der Waals surface area contributed by atoms with Crippen molar-refractivity contribution < 1.29 is 14.3 Å². The summed E-state index contributed by atoms with van der Waals surface area (Å²) in [5.74, 6) is 5.53. The minimum absolute atomic E-state index is 0.0572. The largest absolute Gasteiger partial charge is 0.435 e. The second-order valence-corrected chi connectivity index (χ2v) is 3.92. The van der Waals surface area contributed by atoms with Crippen molar-refractivity contribution in [3.8, 4) is 11.8 Å². The molecule has 1 aromatic carbocycles. The Labute approximate surface area is 107 Å². The normalized spacial score (nSPS) is 9.78. The number of ether oxygens (including phenoxy) is 2. The van der Waals surface area contributed by atoms with E-state index in [2.05, 4.69) is 11.8 Å². The zero-order valence-electron chi connectivity index (χ0n) is 10.9. The zero-order chi connectivity index (χ0) is 13.4. The molecule has 4 nitrogen and oxygen atoms in total. The van der Waals surface area contributed by atoms with Crippen LogP contribution >= 0.6 is 0 Å². The quantitative estimate of drug-likeness (QED) is 0.457. The molecule has 18 heavy (non-hydrogen) atoms. The molecular weight excluding hydrogens is 230 g/mol. The first kappa shape index (κ1) is 14.2. The number of carbonyl (C=O) groups is 1. The summed E-state index contributed by atoms with van der Waals surface area (Å²) in [6.07, 6.45) is 0. The average molecular weight is 247 g/mol. The molecule has 0 amide bonds. The van der Waals surface area contributed by atoms with E-state index in [1.54, 1.807) is 18.2 Å². The zero-order valence-corrected chi connectivity index (χ0v) is 10.9. The number of hydrogen-bond donors (Lipinski definition) is 0. The summed E-state index contributed by atoms with van der Waals surface area (Å²) >= 11 is 0. The van der Waals surface area contributed by atoms with Crippen LogP contribution in [0.2, 0.25) is 0 Å². The smallest absolute Gasteiger partial charge is 0.341 e. The van der Waals surface area contributed by atoms with Crippen molar-refractivity contribution in [2.75, 3.05) is 34.5 Å². The first-order valence-electron chi connectivity index (χ1n) is 5.54. The van der Waals surface area contributed by atoms with Gasteiger partial charge in [0.05, 0.1) is 12.1 Å². The number of benzene rings is 1. The van der Waals surface area contributed by atoms with E-state index in [9.17, 15) is 4.79 Å². The van der Waals surface area contributed by atoms with Crippen LogP contribution in [0.25, 0.3) is 0 Å². The van der Waals surface area contributed by atoms with Crippen LogP contribution in [-0.2, 0) is 9.47 Å². The van der Waals surface area contributed by atoms with Crippen LogP contribution in [0.4, 0.5) is 0 Å². The summed E-state index contributed by atoms with van der Waals surface area (Å²) < 4.78 is 9.61. The lowest BCUT2D eigenvalue weighted by molar-refractivity contribution is -0.0125. The second kappa shape index (κ2) is 7.49. The lowest BCUT2D eigenvalue weighted by Gasteiger charge is -2.05. The molecule has 0 fully saturated rings. The van der Waals surface area contributed by atoms with E-state index in [0.717, 1.165) is 0 Å². The Balaban J connectivity index is 2.84. The molecule has 0 atom stereocenters. The maximum absolute atomic E-state index is 11.7. The Hall–Kier alpha value is -1.83. The van der Waals surface area contributed by atoms with E-state index in [1.807, 2.05) is 25.1 Å². The van der Waals surface area contributed by atoms with Crippen molar-refractivity contribution in [3.63, 3.8) is 0 Å². The molecule has 1 aromatic rings. The number of methoxy groups -OCH3 is 1. The van der Waals surface area contributed by atoms with E-state index in [1.165, 1.54) is 7.11 Å². The van der Waals surface area contributed by atoms with Crippen molar-refractivity contribution in [2.24, 2.45) is 0 Å². The van der Waals surface area contributed by atoms with E-state index >= 15 is 0 Å². The van der Waals surface area contributed by atoms with Crippen LogP contribution < -0.4 is 0 Å². The Bertz CT molecular complexity index is 458. The monoisotopic (exact) mass is 247 g/mol. The Morgan fingerprint density at radius 2 is 2.06 bits per heavy atom. The number of hydrogen-bond acceptors (Lipinski definition) is 4. The third-order valence-corrected chi connectivity index (χ3v) is 2.07. The highest BCUT2D eigenvalue weighted by atomic mass is 16.7. The summed E-state index contributed by atoms with van der Waals surface area (Å²) in [7, 11) is 5.34. The Morgan fingerprint density at radius 3 is 2.72 bits per heavy atom. The van der Waals surface area contributed by atoms with Crippen molar-refractivity contribution in [1.29, 1.82) is 0 Å². The maximum atomic E-state index is 11.7. The molecule has 0 saturated carbocycles. The number of esters is 1. The summed E-state index contributed by atoms with van der Waals surface area (Å²) in [6, 6.07) is 7.11. The molecule has 96 valence electrons. The van der Waals surface area contributed by atoms with Gasteiger partial charge in [-0.2, -0.15) is 0 Å². The molecule has 0 bridgehead atoms. The predicted molar refractivity (Wildman–Crippen MR) is 69.2 cm³/mol. The maximum Gasteiger partial charge on any atom is 0.341 e. The molecule has 0 saturated heterocycles. The molecule has 1 rings (SSSR count). The molecule has 4 heteroatoms. The summed E-state index contributed by atoms with van der Waals surface area (Å²) in [4.78, 5) is 13.7. The van der Waals surface area contributed by atoms with Gasteiger partial charge < -0.3 is 9.47 Å². The molecule has 0 N–H and O–H groups in total. The standard InChI is InChI=1S/C14H17NO3/c1-15(2)10-6-8-12-7-4-5-9-13(12)14(16)18-11-17-3/h4-5,7,9H,10-11H2,1-3H3. The number of nitrogens with zero attached hydrogens (tertiary/aromatic N) is 1. The first-order valence-corrected chi connectivity index (χ1v) is 5.54. The van der Waals surface area contributed by atoms with E-state index in [0.29, 0.717) is 17.7 Å². The van der Waals surface area contributed by atoms with Gasteiger partial charge >= 0.3 is 5.97 Å². The fraction of sp³-hybridized carbons (Fsp3) is 0.357. The average Bonchev–Trinajstić information content (AvgIpc) is 2.36. The lowest BCUT2D eigenvalue weighted by atomic mass is 10.1. The van der Waals surface area contributed by atoms with Crippen LogP contribution in [0.5, 0.6) is 0 Å². The summed E-state index contributed by atoms with van der Waals surface area (Å²) in [5.41, 5.74) is 1.13. The highest BCUT2D eigenvalue weighted by Crippen LogP contribution is 2.08. The minimum atomic E-state index is -0.424. The molecule has 0 aromatic heterocycles. The van der Waals surface area contributed by atoms with Gasteiger partial charge in [-0.05, 0) is 26.2 Å². The first-order chi connectivity index (χ1) is 8.65. The van der Waals surface area contributed by atoms with Gasteiger partial charge in [-0.25, -0.2) is 4.79 Å². The molecular formula is C14H17NO3. The fourth-order valence-corrected chi connectivity index (χ4v) is 1.25. The van der Waals surface area contributed by atoms with Gasteiger partial charge in [0.2, 0.25) is 0 Å². The summed E-state index contributed by atoms with van der Waals surface area (Å²) in [5, 5.41) is 0. The second-order valence-electron chi connectivity index (χ2n) is 3.92. The fourth-order valence-electron chi connectivity index (χ4n) is 1.25. The minimum Gasteiger partial charge on any atom is -0.435 e. The molecule has 0 radical (unpaired) electrons. The van der Waals surface area contributed by atoms with Gasteiger partial charge in [0.25, 0.3) is 0 Å². The van der Waals surface area contributed by atoms with Crippen molar-refractivity contribution in [3.05, 3.63) is 35.4 Å². The van der Waals surface area contributed by atoms with Crippen LogP contribution in [0.1, 0.15) is 15.9 Å². The molecule has 0 heterocycles. The number of carbonyl (C=O) groups excluding carboxylic acids is 1. The SMILES string of the molecule is COCOC(=O)c1ccccc1C#CCN(C)C. The van der Waals surface area contributed by atoms with E-state index in [4.69, 9.17) is 9.47 Å². The van der Waals surface area contributed by atoms with Crippen molar-refractivity contribution in [2.45, 2.75) is 0 Å². The molecule has 0 unspecified atom stereocenters. The molecule has 0 spiro atoms. The van der Waals surface area contributed by atoms with Gasteiger partial charge in [0, 0.05) is 12.7 Å². The van der Waals surface area contributed by atoms with E-state index in [-0.39, 0.29) is 6.79 Å². The third kappa shape index (κ3) is 4.58. The molecule has 0 aliphatic carbocycles. The van der Waals surface area contributed by atoms with Crippen LogP contribution in [0, 0.1) is 11.8 Å². The Morgan fingerprint density at radius 1 is 1.33 bits per heavy atom. The lowest BCUT2D eigenvalue weighted by Crippen LogP contribution is -2.11. The molecule has 0 aliphatic rings. The third-order valence-electron chi connectivity index (χ3n) is 2.07. The number of rotatable bonds is 4. The van der Waals surface area contributed by atoms with E-state index < -0.39 is 5.97 Å². The van der Waals surface area contributed by atoms with Gasteiger partial charge in [-0.3, -0.25) is 4.90 Å². The van der Waals surface area contributed by atoms with Crippen LogP contribution in [-0.4, -0.2) is 45.4 Å². The van der Waals surface area contributed by atoms with Crippen molar-refractivity contribution >= 4 is 5.97 Å². The van der Waals surface area contributed by atoms with Gasteiger partial charge in [-0.15, -0.1) is 0 Å². The van der Waals surface area contributed by atoms with Gasteiger partial charge in [0.15, 0.2) is 6.79 Å². The highest BCUT2D eigenvalue weighted by Gasteiger charge is 2.10. The van der Waals surface area contributed by atoms with Crippen molar-refractivity contribution in [1.82, 2.24) is 4.90 Å².